The van der Waals surface area contributed by atoms with E-state index in [1.165, 1.54) is 12.8 Å². The third kappa shape index (κ3) is 4.96. The van der Waals surface area contributed by atoms with Crippen LogP contribution in [-0.4, -0.2) is 40.2 Å². The fourth-order valence-electron chi connectivity index (χ4n) is 3.29. The van der Waals surface area contributed by atoms with E-state index in [2.05, 4.69) is 15.3 Å². The van der Waals surface area contributed by atoms with Gasteiger partial charge in [0.2, 0.25) is 5.91 Å². The topological polar surface area (TPSA) is 63.3 Å². The van der Waals surface area contributed by atoms with Crippen LogP contribution in [0.3, 0.4) is 0 Å². The summed E-state index contributed by atoms with van der Waals surface area (Å²) >= 11 is 0. The molecule has 0 saturated carbocycles. The van der Waals surface area contributed by atoms with E-state index in [9.17, 15) is 4.79 Å². The molecule has 1 fully saturated rings. The zero-order chi connectivity index (χ0) is 16.8. The second-order valence-electron chi connectivity index (χ2n) is 6.65. The van der Waals surface area contributed by atoms with E-state index in [0.29, 0.717) is 12.3 Å². The molecule has 0 bridgehead atoms. The maximum Gasteiger partial charge on any atom is 0.220 e. The highest BCUT2D eigenvalue weighted by molar-refractivity contribution is 5.76. The molecule has 24 heavy (non-hydrogen) atoms. The second kappa shape index (κ2) is 8.15. The molecular weight excluding hydrogens is 304 g/mol. The standard InChI is InChI=1S/C18H26N4O2/c1-21-12-16(11-20-21)6-7-18(23)19-10-15-4-2-8-22(13-15)14-17-5-3-9-24-17/h3,5,9,11-12,15H,2,4,6-8,10,13-14H2,1H3,(H,19,23)/t15-/m0/s1. The second-order valence-corrected chi connectivity index (χ2v) is 6.65. The van der Waals surface area contributed by atoms with Crippen molar-refractivity contribution in [3.05, 3.63) is 42.1 Å². The molecule has 6 heteroatoms. The van der Waals surface area contributed by atoms with Gasteiger partial charge in [0.15, 0.2) is 0 Å². The molecule has 0 spiro atoms. The number of piperidine rings is 1. The Morgan fingerprint density at radius 1 is 1.50 bits per heavy atom. The summed E-state index contributed by atoms with van der Waals surface area (Å²) in [7, 11) is 1.89. The summed E-state index contributed by atoms with van der Waals surface area (Å²) in [5.74, 6) is 1.66. The quantitative estimate of drug-likeness (QED) is 0.843. The first-order chi connectivity index (χ1) is 11.7. The number of hydrogen-bond acceptors (Lipinski definition) is 4. The van der Waals surface area contributed by atoms with Crippen LogP contribution in [0.25, 0.3) is 0 Å². The summed E-state index contributed by atoms with van der Waals surface area (Å²) in [6.07, 6.45) is 9.12. The molecule has 0 aromatic carbocycles. The van der Waals surface area contributed by atoms with E-state index in [1.54, 1.807) is 10.9 Å². The minimum atomic E-state index is 0.127. The number of nitrogens with one attached hydrogen (secondary N) is 1. The van der Waals surface area contributed by atoms with Crippen molar-refractivity contribution < 1.29 is 9.21 Å². The van der Waals surface area contributed by atoms with E-state index in [0.717, 1.165) is 43.9 Å². The SMILES string of the molecule is Cn1cc(CCC(=O)NC[C@@H]2CCCN(Cc3ccco3)C2)cn1. The minimum Gasteiger partial charge on any atom is -0.468 e. The van der Waals surface area contributed by atoms with Crippen LogP contribution < -0.4 is 5.32 Å². The molecule has 1 amide bonds. The van der Waals surface area contributed by atoms with Crippen LogP contribution in [0.2, 0.25) is 0 Å². The first kappa shape index (κ1) is 16.8. The van der Waals surface area contributed by atoms with E-state index >= 15 is 0 Å². The Morgan fingerprint density at radius 2 is 2.42 bits per heavy atom. The third-order valence-corrected chi connectivity index (χ3v) is 4.55. The predicted octanol–water partition coefficient (Wildman–Crippen LogP) is 1.97. The number of nitrogens with zero attached hydrogens (tertiary/aromatic N) is 3. The number of carbonyl (C=O) groups is 1. The normalized spacial score (nSPS) is 18.6. The lowest BCUT2D eigenvalue weighted by Crippen LogP contribution is -2.40. The number of aryl methyl sites for hydroxylation is 2. The fourth-order valence-corrected chi connectivity index (χ4v) is 3.29. The lowest BCUT2D eigenvalue weighted by molar-refractivity contribution is -0.121. The number of rotatable bonds is 7. The fraction of sp³-hybridized carbons (Fsp3) is 0.556. The van der Waals surface area contributed by atoms with Gasteiger partial charge < -0.3 is 9.73 Å². The van der Waals surface area contributed by atoms with Gasteiger partial charge in [0.25, 0.3) is 0 Å². The Hall–Kier alpha value is -2.08. The van der Waals surface area contributed by atoms with Gasteiger partial charge in [-0.15, -0.1) is 0 Å². The van der Waals surface area contributed by atoms with Crippen LogP contribution in [0.4, 0.5) is 0 Å². The summed E-state index contributed by atoms with van der Waals surface area (Å²) in [5.41, 5.74) is 1.11. The van der Waals surface area contributed by atoms with Crippen LogP contribution in [0.15, 0.2) is 35.2 Å². The van der Waals surface area contributed by atoms with Crippen molar-refractivity contribution in [2.24, 2.45) is 13.0 Å². The van der Waals surface area contributed by atoms with Crippen LogP contribution in [0.1, 0.15) is 30.6 Å². The summed E-state index contributed by atoms with van der Waals surface area (Å²) in [4.78, 5) is 14.4. The number of likely N-dealkylation sites (tertiary alicyclic amines) is 1. The van der Waals surface area contributed by atoms with Gasteiger partial charge in [-0.25, -0.2) is 0 Å². The molecule has 130 valence electrons. The molecular formula is C18H26N4O2. The highest BCUT2D eigenvalue weighted by atomic mass is 16.3. The lowest BCUT2D eigenvalue weighted by Gasteiger charge is -2.32. The molecule has 2 aromatic heterocycles. The first-order valence-electron chi connectivity index (χ1n) is 8.68. The number of furan rings is 1. The van der Waals surface area contributed by atoms with E-state index in [-0.39, 0.29) is 5.91 Å². The van der Waals surface area contributed by atoms with Crippen LogP contribution >= 0.6 is 0 Å². The number of aromatic nitrogens is 2. The molecule has 1 saturated heterocycles. The smallest absolute Gasteiger partial charge is 0.220 e. The highest BCUT2D eigenvalue weighted by Crippen LogP contribution is 2.18. The number of amides is 1. The largest absolute Gasteiger partial charge is 0.468 e. The van der Waals surface area contributed by atoms with Gasteiger partial charge in [-0.2, -0.15) is 5.10 Å². The first-order valence-corrected chi connectivity index (χ1v) is 8.68. The molecule has 1 aliphatic heterocycles. The molecule has 1 aliphatic rings. The Kier molecular flexibility index (Phi) is 5.69. The average molecular weight is 330 g/mol. The van der Waals surface area contributed by atoms with Crippen molar-refractivity contribution in [3.8, 4) is 0 Å². The van der Waals surface area contributed by atoms with E-state index in [1.807, 2.05) is 31.6 Å². The van der Waals surface area contributed by atoms with Crippen molar-refractivity contribution in [1.82, 2.24) is 20.0 Å². The van der Waals surface area contributed by atoms with Gasteiger partial charge in [0, 0.05) is 32.8 Å². The molecule has 1 atom stereocenters. The third-order valence-electron chi connectivity index (χ3n) is 4.55. The van der Waals surface area contributed by atoms with Crippen LogP contribution in [0, 0.1) is 5.92 Å². The van der Waals surface area contributed by atoms with Crippen LogP contribution in [0.5, 0.6) is 0 Å². The summed E-state index contributed by atoms with van der Waals surface area (Å²) in [6.45, 7) is 3.74. The Labute approximate surface area is 142 Å². The molecule has 3 heterocycles. The average Bonchev–Trinajstić information content (AvgIpc) is 3.23. The molecule has 2 aromatic rings. The van der Waals surface area contributed by atoms with Gasteiger partial charge >= 0.3 is 0 Å². The van der Waals surface area contributed by atoms with Gasteiger partial charge in [-0.05, 0) is 49.4 Å². The lowest BCUT2D eigenvalue weighted by atomic mass is 9.98. The van der Waals surface area contributed by atoms with Gasteiger partial charge in [-0.3, -0.25) is 14.4 Å². The van der Waals surface area contributed by atoms with Crippen molar-refractivity contribution in [1.29, 1.82) is 0 Å². The highest BCUT2D eigenvalue weighted by Gasteiger charge is 2.21. The Balaban J connectivity index is 1.36. The van der Waals surface area contributed by atoms with Crippen molar-refractivity contribution in [2.45, 2.75) is 32.2 Å². The number of carbonyl (C=O) groups excluding carboxylic acids is 1. The zero-order valence-corrected chi connectivity index (χ0v) is 14.3. The van der Waals surface area contributed by atoms with Crippen molar-refractivity contribution in [3.63, 3.8) is 0 Å². The Bertz CT molecular complexity index is 635. The molecule has 3 rings (SSSR count). The minimum absolute atomic E-state index is 0.127. The number of hydrogen-bond donors (Lipinski definition) is 1. The molecule has 0 unspecified atom stereocenters. The maximum absolute atomic E-state index is 12.0. The summed E-state index contributed by atoms with van der Waals surface area (Å²) in [6, 6.07) is 3.95. The predicted molar refractivity (Wildman–Crippen MR) is 91.2 cm³/mol. The maximum atomic E-state index is 12.0. The molecule has 0 radical (unpaired) electrons. The summed E-state index contributed by atoms with van der Waals surface area (Å²) < 4.78 is 7.19. The molecule has 1 N–H and O–H groups in total. The van der Waals surface area contributed by atoms with Crippen molar-refractivity contribution in [2.75, 3.05) is 19.6 Å². The monoisotopic (exact) mass is 330 g/mol. The van der Waals surface area contributed by atoms with Gasteiger partial charge in [0.05, 0.1) is 19.0 Å². The van der Waals surface area contributed by atoms with E-state index in [4.69, 9.17) is 4.42 Å². The van der Waals surface area contributed by atoms with Crippen molar-refractivity contribution >= 4 is 5.91 Å². The molecule has 0 aliphatic carbocycles. The summed E-state index contributed by atoms with van der Waals surface area (Å²) in [5, 5.41) is 7.22. The van der Waals surface area contributed by atoms with Crippen LogP contribution in [-0.2, 0) is 24.8 Å². The van der Waals surface area contributed by atoms with Gasteiger partial charge in [-0.1, -0.05) is 0 Å². The van der Waals surface area contributed by atoms with E-state index < -0.39 is 0 Å². The Morgan fingerprint density at radius 3 is 3.17 bits per heavy atom. The zero-order valence-electron chi connectivity index (χ0n) is 14.3. The molecule has 6 nitrogen and oxygen atoms in total. The van der Waals surface area contributed by atoms with Gasteiger partial charge in [0.1, 0.15) is 5.76 Å².